The summed E-state index contributed by atoms with van der Waals surface area (Å²) >= 11 is 0. The van der Waals surface area contributed by atoms with Crippen LogP contribution in [0.25, 0.3) is 0 Å². The highest BCUT2D eigenvalue weighted by atomic mass is 15.1. The number of nitrogens with one attached hydrogen (secondary N) is 1. The van der Waals surface area contributed by atoms with Crippen LogP contribution >= 0.6 is 0 Å². The average Bonchev–Trinajstić information content (AvgIpc) is 2.75. The minimum atomic E-state index is 0.968. The highest BCUT2D eigenvalue weighted by Crippen LogP contribution is 2.04. The summed E-state index contributed by atoms with van der Waals surface area (Å²) in [5.74, 6) is 1.20. The fourth-order valence-corrected chi connectivity index (χ4v) is 1.76. The van der Waals surface area contributed by atoms with Crippen molar-refractivity contribution < 1.29 is 0 Å². The summed E-state index contributed by atoms with van der Waals surface area (Å²) in [6.45, 7) is 4.26. The Bertz CT molecular complexity index is 207. The molecule has 0 unspecified atom stereocenters. The predicted molar refractivity (Wildman–Crippen MR) is 67.4 cm³/mol. The molecule has 0 aromatic rings. The number of rotatable bonds is 8. The molecular formula is C13H24N2. The van der Waals surface area contributed by atoms with E-state index in [9.17, 15) is 0 Å². The Kier molecular flexibility index (Phi) is 6.97. The largest absolute Gasteiger partial charge is 0.372 e. The molecule has 0 amide bonds. The third-order valence-electron chi connectivity index (χ3n) is 2.68. The number of hydrogen-bond donors (Lipinski definition) is 1. The quantitative estimate of drug-likeness (QED) is 0.480. The van der Waals surface area contributed by atoms with Crippen LogP contribution in [-0.2, 0) is 0 Å². The van der Waals surface area contributed by atoms with Gasteiger partial charge in [-0.1, -0.05) is 38.3 Å². The van der Waals surface area contributed by atoms with Crippen molar-refractivity contribution in [2.75, 3.05) is 13.1 Å². The van der Waals surface area contributed by atoms with Crippen LogP contribution in [0.5, 0.6) is 0 Å². The number of nitrogens with zero attached hydrogens (tertiary/aromatic N) is 1. The molecule has 1 N–H and O–H groups in total. The Hall–Kier alpha value is -0.790. The van der Waals surface area contributed by atoms with Crippen LogP contribution in [0, 0.1) is 0 Å². The monoisotopic (exact) mass is 208 g/mol. The molecule has 1 aliphatic rings. The predicted octanol–water partition coefficient (Wildman–Crippen LogP) is 3.29. The molecule has 1 aliphatic heterocycles. The van der Waals surface area contributed by atoms with E-state index in [0.29, 0.717) is 0 Å². The van der Waals surface area contributed by atoms with Gasteiger partial charge in [-0.05, 0) is 19.3 Å². The van der Waals surface area contributed by atoms with Crippen LogP contribution in [0.1, 0.15) is 51.9 Å². The van der Waals surface area contributed by atoms with Gasteiger partial charge in [0.15, 0.2) is 0 Å². The summed E-state index contributed by atoms with van der Waals surface area (Å²) in [6.07, 6.45) is 13.5. The first-order valence-electron chi connectivity index (χ1n) is 6.35. The smallest absolute Gasteiger partial charge is 0.0967 e. The second kappa shape index (κ2) is 8.51. The van der Waals surface area contributed by atoms with E-state index >= 15 is 0 Å². The summed E-state index contributed by atoms with van der Waals surface area (Å²) in [5, 5.41) is 3.29. The maximum Gasteiger partial charge on any atom is 0.0967 e. The van der Waals surface area contributed by atoms with E-state index in [1.54, 1.807) is 0 Å². The van der Waals surface area contributed by atoms with Gasteiger partial charge in [0.2, 0.25) is 0 Å². The molecule has 86 valence electrons. The Labute approximate surface area is 93.9 Å². The minimum absolute atomic E-state index is 0.968. The van der Waals surface area contributed by atoms with Gasteiger partial charge in [-0.2, -0.15) is 0 Å². The zero-order valence-corrected chi connectivity index (χ0v) is 9.97. The second-order valence-electron chi connectivity index (χ2n) is 4.11. The van der Waals surface area contributed by atoms with E-state index in [1.165, 1.54) is 37.9 Å². The Morgan fingerprint density at radius 2 is 2.07 bits per heavy atom. The molecule has 0 atom stereocenters. The summed E-state index contributed by atoms with van der Waals surface area (Å²) in [4.78, 5) is 4.37. The van der Waals surface area contributed by atoms with Crippen molar-refractivity contribution in [3.8, 4) is 0 Å². The number of allylic oxidation sites excluding steroid dienone is 2. The van der Waals surface area contributed by atoms with Crippen LogP contribution in [0.15, 0.2) is 17.1 Å². The topological polar surface area (TPSA) is 24.4 Å². The molecule has 2 nitrogen and oxygen atoms in total. The minimum Gasteiger partial charge on any atom is -0.372 e. The highest BCUT2D eigenvalue weighted by Gasteiger charge is 2.01. The SMILES string of the molecule is CCCCCC/C=C/CCC1=NCCN1. The molecule has 15 heavy (non-hydrogen) atoms. The lowest BCUT2D eigenvalue weighted by molar-refractivity contribution is 0.674. The van der Waals surface area contributed by atoms with E-state index in [0.717, 1.165) is 25.9 Å². The fraction of sp³-hybridized carbons (Fsp3) is 0.769. The zero-order chi connectivity index (χ0) is 10.8. The lowest BCUT2D eigenvalue weighted by atomic mass is 10.1. The normalized spacial score (nSPS) is 15.7. The van der Waals surface area contributed by atoms with E-state index in [-0.39, 0.29) is 0 Å². The van der Waals surface area contributed by atoms with Gasteiger partial charge in [0.25, 0.3) is 0 Å². The molecule has 0 saturated carbocycles. The van der Waals surface area contributed by atoms with E-state index in [2.05, 4.69) is 29.4 Å². The lowest BCUT2D eigenvalue weighted by Crippen LogP contribution is -2.17. The molecule has 0 spiro atoms. The summed E-state index contributed by atoms with van der Waals surface area (Å²) in [5.41, 5.74) is 0. The maximum atomic E-state index is 4.37. The molecule has 2 heteroatoms. The van der Waals surface area contributed by atoms with Crippen molar-refractivity contribution in [1.82, 2.24) is 5.32 Å². The first-order chi connectivity index (χ1) is 7.43. The van der Waals surface area contributed by atoms with Crippen molar-refractivity contribution in [1.29, 1.82) is 0 Å². The van der Waals surface area contributed by atoms with Crippen LogP contribution in [-0.4, -0.2) is 18.9 Å². The average molecular weight is 208 g/mol. The van der Waals surface area contributed by atoms with Gasteiger partial charge in [-0.15, -0.1) is 0 Å². The number of unbranched alkanes of at least 4 members (excludes halogenated alkanes) is 4. The Balaban J connectivity index is 1.88. The Morgan fingerprint density at radius 1 is 1.20 bits per heavy atom. The molecule has 0 radical (unpaired) electrons. The molecule has 1 heterocycles. The van der Waals surface area contributed by atoms with Gasteiger partial charge in [-0.3, -0.25) is 4.99 Å². The molecule has 1 rings (SSSR count). The van der Waals surface area contributed by atoms with Crippen molar-refractivity contribution in [3.63, 3.8) is 0 Å². The molecule has 0 saturated heterocycles. The van der Waals surface area contributed by atoms with Crippen LogP contribution < -0.4 is 5.32 Å². The van der Waals surface area contributed by atoms with Crippen molar-refractivity contribution >= 4 is 5.84 Å². The second-order valence-corrected chi connectivity index (χ2v) is 4.11. The standard InChI is InChI=1S/C13H24N2/c1-2-3-4-5-6-7-8-9-10-13-14-11-12-15-13/h7-8H,2-6,9-12H2,1H3,(H,14,15)/b8-7+. The van der Waals surface area contributed by atoms with Crippen LogP contribution in [0.2, 0.25) is 0 Å². The molecule has 0 fully saturated rings. The zero-order valence-electron chi connectivity index (χ0n) is 9.97. The van der Waals surface area contributed by atoms with E-state index < -0.39 is 0 Å². The van der Waals surface area contributed by atoms with Gasteiger partial charge in [0, 0.05) is 13.0 Å². The highest BCUT2D eigenvalue weighted by molar-refractivity contribution is 5.83. The first-order valence-corrected chi connectivity index (χ1v) is 6.35. The summed E-state index contributed by atoms with van der Waals surface area (Å²) in [7, 11) is 0. The van der Waals surface area contributed by atoms with Gasteiger partial charge in [0.05, 0.1) is 12.4 Å². The van der Waals surface area contributed by atoms with Gasteiger partial charge in [-0.25, -0.2) is 0 Å². The molecular weight excluding hydrogens is 184 g/mol. The molecule has 0 aromatic heterocycles. The molecule has 0 aliphatic carbocycles. The molecule has 0 bridgehead atoms. The Morgan fingerprint density at radius 3 is 2.80 bits per heavy atom. The fourth-order valence-electron chi connectivity index (χ4n) is 1.76. The van der Waals surface area contributed by atoms with E-state index in [4.69, 9.17) is 0 Å². The van der Waals surface area contributed by atoms with Gasteiger partial charge >= 0.3 is 0 Å². The lowest BCUT2D eigenvalue weighted by Gasteiger charge is -1.98. The number of hydrogen-bond acceptors (Lipinski definition) is 2. The van der Waals surface area contributed by atoms with Crippen LogP contribution in [0.4, 0.5) is 0 Å². The van der Waals surface area contributed by atoms with Gasteiger partial charge in [0.1, 0.15) is 0 Å². The van der Waals surface area contributed by atoms with Gasteiger partial charge < -0.3 is 5.32 Å². The first kappa shape index (κ1) is 12.3. The number of amidine groups is 1. The van der Waals surface area contributed by atoms with Crippen molar-refractivity contribution in [2.45, 2.75) is 51.9 Å². The molecule has 0 aromatic carbocycles. The van der Waals surface area contributed by atoms with Crippen molar-refractivity contribution in [2.24, 2.45) is 4.99 Å². The summed E-state index contributed by atoms with van der Waals surface area (Å²) in [6, 6.07) is 0. The third kappa shape index (κ3) is 6.32. The van der Waals surface area contributed by atoms with E-state index in [1.807, 2.05) is 0 Å². The van der Waals surface area contributed by atoms with Crippen LogP contribution in [0.3, 0.4) is 0 Å². The summed E-state index contributed by atoms with van der Waals surface area (Å²) < 4.78 is 0. The maximum absolute atomic E-state index is 4.37. The van der Waals surface area contributed by atoms with Crippen molar-refractivity contribution in [3.05, 3.63) is 12.2 Å². The third-order valence-corrected chi connectivity index (χ3v) is 2.68. The number of aliphatic imine (C=N–C) groups is 1.